The van der Waals surface area contributed by atoms with Gasteiger partial charge in [0.15, 0.2) is 0 Å². The van der Waals surface area contributed by atoms with Gasteiger partial charge in [0.1, 0.15) is 4.33 Å². The van der Waals surface area contributed by atoms with E-state index in [0.717, 1.165) is 5.56 Å². The second-order valence-corrected chi connectivity index (χ2v) is 9.77. The molecule has 2 atom stereocenters. The van der Waals surface area contributed by atoms with Crippen LogP contribution in [-0.4, -0.2) is 28.1 Å². The van der Waals surface area contributed by atoms with Gasteiger partial charge >= 0.3 is 0 Å². The first-order valence-electron chi connectivity index (χ1n) is 9.50. The summed E-state index contributed by atoms with van der Waals surface area (Å²) in [5, 5.41) is 5.35. The Balaban J connectivity index is 1.44. The molecule has 2 aliphatic carbocycles. The zero-order chi connectivity index (χ0) is 22.6. The molecule has 0 unspecified atom stereocenters. The van der Waals surface area contributed by atoms with E-state index in [1.807, 2.05) is 0 Å². The van der Waals surface area contributed by atoms with Crippen LogP contribution in [0.3, 0.4) is 0 Å². The Hall–Kier alpha value is -2.09. The minimum Gasteiger partial charge on any atom is -0.399 e. The number of alkyl halides is 4. The van der Waals surface area contributed by atoms with Gasteiger partial charge in [-0.1, -0.05) is 23.7 Å². The molecule has 4 rings (SSSR count). The summed E-state index contributed by atoms with van der Waals surface area (Å²) in [6.07, 6.45) is -0.816. The summed E-state index contributed by atoms with van der Waals surface area (Å²) in [7, 11) is 0. The highest BCUT2D eigenvalue weighted by Crippen LogP contribution is 2.65. The van der Waals surface area contributed by atoms with Crippen LogP contribution in [0.1, 0.15) is 34.7 Å². The van der Waals surface area contributed by atoms with Gasteiger partial charge in [0.05, 0.1) is 16.5 Å². The molecule has 2 fully saturated rings. The maximum absolute atomic E-state index is 13.0. The zero-order valence-corrected chi connectivity index (χ0v) is 18.2. The molecule has 4 N–H and O–H groups in total. The van der Waals surface area contributed by atoms with Gasteiger partial charge in [-0.3, -0.25) is 9.59 Å². The Morgan fingerprint density at radius 2 is 1.71 bits per heavy atom. The lowest BCUT2D eigenvalue weighted by atomic mass is 9.88. The lowest BCUT2D eigenvalue weighted by Crippen LogP contribution is -2.50. The minimum atomic E-state index is -2.75. The molecule has 0 saturated heterocycles. The van der Waals surface area contributed by atoms with Gasteiger partial charge in [-0.2, -0.15) is 0 Å². The third-order valence-electron chi connectivity index (χ3n) is 5.54. The number of hydrogen-bond donors (Lipinski definition) is 3. The number of carbonyl (C=O) groups excluding carboxylic acids is 2. The molecule has 2 aromatic rings. The summed E-state index contributed by atoms with van der Waals surface area (Å²) >= 11 is 18.8. The second-order valence-electron chi connectivity index (χ2n) is 7.92. The molecular formula is C21H18Cl3F2N3O2. The van der Waals surface area contributed by atoms with E-state index in [-0.39, 0.29) is 10.6 Å². The smallest absolute Gasteiger partial charge is 0.253 e. The van der Waals surface area contributed by atoms with E-state index in [9.17, 15) is 18.4 Å². The summed E-state index contributed by atoms with van der Waals surface area (Å²) in [5.41, 5.74) is 7.44. The van der Waals surface area contributed by atoms with Crippen molar-refractivity contribution in [3.63, 3.8) is 0 Å². The maximum atomic E-state index is 13.0. The number of amides is 2. The van der Waals surface area contributed by atoms with Gasteiger partial charge in [-0.05, 0) is 35.9 Å². The molecule has 0 bridgehead atoms. The van der Waals surface area contributed by atoms with Crippen molar-refractivity contribution < 1.29 is 18.4 Å². The Kier molecular flexibility index (Phi) is 5.56. The largest absolute Gasteiger partial charge is 0.399 e. The number of hydrogen-bond acceptors (Lipinski definition) is 3. The van der Waals surface area contributed by atoms with Crippen LogP contribution in [-0.2, 0) is 4.79 Å². The third kappa shape index (κ3) is 4.45. The number of anilines is 2. The normalized spacial score (nSPS) is 23.5. The van der Waals surface area contributed by atoms with E-state index in [1.165, 1.54) is 18.2 Å². The molecular weight excluding hydrogens is 471 g/mol. The summed E-state index contributed by atoms with van der Waals surface area (Å²) in [6, 6.07) is 10.7. The number of nitrogen functional groups attached to an aromatic ring is 1. The molecule has 0 spiro atoms. The Morgan fingerprint density at radius 3 is 2.32 bits per heavy atom. The van der Waals surface area contributed by atoms with Crippen LogP contribution in [0, 0.1) is 5.92 Å². The lowest BCUT2D eigenvalue weighted by Gasteiger charge is -2.35. The number of nitrogens with one attached hydrogen (secondary N) is 2. The summed E-state index contributed by atoms with van der Waals surface area (Å²) in [4.78, 5) is 25.2. The van der Waals surface area contributed by atoms with E-state index in [0.29, 0.717) is 11.4 Å². The number of rotatable bonds is 5. The lowest BCUT2D eigenvalue weighted by molar-refractivity contribution is -0.117. The van der Waals surface area contributed by atoms with Gasteiger partial charge in [-0.25, -0.2) is 8.78 Å². The molecule has 2 aromatic carbocycles. The molecule has 31 heavy (non-hydrogen) atoms. The van der Waals surface area contributed by atoms with E-state index >= 15 is 0 Å². The van der Waals surface area contributed by atoms with Crippen molar-refractivity contribution in [2.45, 2.75) is 35.1 Å². The Bertz CT molecular complexity index is 1040. The van der Waals surface area contributed by atoms with Crippen molar-refractivity contribution in [1.29, 1.82) is 0 Å². The van der Waals surface area contributed by atoms with E-state index in [4.69, 9.17) is 40.5 Å². The average Bonchev–Trinajstić information content (AvgIpc) is 3.24. The van der Waals surface area contributed by atoms with Crippen molar-refractivity contribution in [3.05, 3.63) is 58.6 Å². The first kappa shape index (κ1) is 22.1. The van der Waals surface area contributed by atoms with Crippen LogP contribution in [0.4, 0.5) is 20.2 Å². The minimum absolute atomic E-state index is 0.0728. The molecule has 0 heterocycles. The number of benzene rings is 2. The summed E-state index contributed by atoms with van der Waals surface area (Å²) in [6.45, 7) is 0. The fourth-order valence-electron chi connectivity index (χ4n) is 3.79. The van der Waals surface area contributed by atoms with Crippen LogP contribution < -0.4 is 16.4 Å². The van der Waals surface area contributed by atoms with Crippen LogP contribution in [0.15, 0.2) is 42.5 Å². The van der Waals surface area contributed by atoms with Gasteiger partial charge in [0.25, 0.3) is 11.8 Å². The number of halogens is 5. The summed E-state index contributed by atoms with van der Waals surface area (Å²) < 4.78 is 24.7. The van der Waals surface area contributed by atoms with E-state index < -0.39 is 52.8 Å². The molecule has 0 aromatic heterocycles. The molecule has 2 saturated carbocycles. The van der Waals surface area contributed by atoms with Crippen molar-refractivity contribution in [3.8, 4) is 0 Å². The molecule has 0 radical (unpaired) electrons. The SMILES string of the molecule is Nc1ccc([C@@H]2[C@@H](C(=O)Nc3ccc(Cl)c(C(=O)NC4CC(F)(F)C4)c3)C2(Cl)Cl)cc1. The molecule has 5 nitrogen and oxygen atoms in total. The van der Waals surface area contributed by atoms with Crippen LogP contribution >= 0.6 is 34.8 Å². The van der Waals surface area contributed by atoms with Crippen LogP contribution in [0.2, 0.25) is 5.02 Å². The van der Waals surface area contributed by atoms with Gasteiger partial charge < -0.3 is 16.4 Å². The Labute approximate surface area is 192 Å². The van der Waals surface area contributed by atoms with Crippen LogP contribution in [0.5, 0.6) is 0 Å². The molecule has 2 amide bonds. The van der Waals surface area contributed by atoms with Gasteiger partial charge in [-0.15, -0.1) is 23.2 Å². The number of nitrogens with two attached hydrogens (primary N) is 1. The standard InChI is InChI=1S/C21H18Cl3F2N3O2/c22-15-6-5-12(7-14(15)18(30)29-13-8-20(25,26)9-13)28-19(31)17-16(21(17,23)24)10-1-3-11(27)4-2-10/h1-7,13,16-17H,8-9,27H2,(H,28,31)(H,29,30)/t16-,17+/m1/s1. The predicted octanol–water partition coefficient (Wildman–Crippen LogP) is 4.98. The third-order valence-corrected chi connectivity index (χ3v) is 6.81. The topological polar surface area (TPSA) is 84.2 Å². The average molecular weight is 489 g/mol. The fourth-order valence-corrected chi connectivity index (χ4v) is 4.83. The van der Waals surface area contributed by atoms with E-state index in [1.54, 1.807) is 24.3 Å². The first-order chi connectivity index (χ1) is 14.5. The summed E-state index contributed by atoms with van der Waals surface area (Å²) in [5.74, 6) is -4.87. The Morgan fingerprint density at radius 1 is 1.06 bits per heavy atom. The highest BCUT2D eigenvalue weighted by atomic mass is 35.5. The second kappa shape index (κ2) is 7.80. The highest BCUT2D eigenvalue weighted by molar-refractivity contribution is 6.53. The van der Waals surface area contributed by atoms with Gasteiger partial charge in [0, 0.05) is 36.2 Å². The predicted molar refractivity (Wildman–Crippen MR) is 117 cm³/mol. The van der Waals surface area contributed by atoms with Crippen LogP contribution in [0.25, 0.3) is 0 Å². The fraction of sp³-hybridized carbons (Fsp3) is 0.333. The first-order valence-corrected chi connectivity index (χ1v) is 10.6. The monoisotopic (exact) mass is 487 g/mol. The molecule has 164 valence electrons. The molecule has 2 aliphatic rings. The maximum Gasteiger partial charge on any atom is 0.253 e. The molecule has 10 heteroatoms. The van der Waals surface area contributed by atoms with Gasteiger partial charge in [0.2, 0.25) is 5.91 Å². The molecule has 0 aliphatic heterocycles. The van der Waals surface area contributed by atoms with Crippen molar-refractivity contribution >= 4 is 58.0 Å². The quantitative estimate of drug-likeness (QED) is 0.410. The van der Waals surface area contributed by atoms with E-state index in [2.05, 4.69) is 10.6 Å². The van der Waals surface area contributed by atoms with Crippen molar-refractivity contribution in [1.82, 2.24) is 5.32 Å². The van der Waals surface area contributed by atoms with Crippen molar-refractivity contribution in [2.75, 3.05) is 11.1 Å². The van der Waals surface area contributed by atoms with Crippen molar-refractivity contribution in [2.24, 2.45) is 5.92 Å². The zero-order valence-electron chi connectivity index (χ0n) is 16.0. The highest BCUT2D eigenvalue weighted by Gasteiger charge is 2.67. The number of carbonyl (C=O) groups is 2.